The van der Waals surface area contributed by atoms with Gasteiger partial charge in [-0.05, 0) is 166 Å². The summed E-state index contributed by atoms with van der Waals surface area (Å²) in [4.78, 5) is 19.1. The summed E-state index contributed by atoms with van der Waals surface area (Å²) in [5.41, 5.74) is 24.4. The Morgan fingerprint density at radius 1 is 0.350 bits per heavy atom. The van der Waals surface area contributed by atoms with Gasteiger partial charge in [-0.25, -0.2) is 19.9 Å². The minimum absolute atomic E-state index is 0.249. The summed E-state index contributed by atoms with van der Waals surface area (Å²) in [6.45, 7) is 17.4. The molecule has 0 unspecified atom stereocenters. The molecule has 0 saturated carbocycles. The van der Waals surface area contributed by atoms with E-state index in [2.05, 4.69) is 266 Å². The van der Waals surface area contributed by atoms with E-state index in [9.17, 15) is 0 Å². The third-order valence-electron chi connectivity index (χ3n) is 20.6. The molecule has 3 aliphatic rings. The third kappa shape index (κ3) is 10.5. The van der Waals surface area contributed by atoms with Crippen molar-refractivity contribution >= 4 is 72.5 Å². The molecular weight excluding hydrogens is 1300 g/mol. The van der Waals surface area contributed by atoms with Crippen molar-refractivity contribution in [2.45, 2.75) is 77.4 Å². The van der Waals surface area contributed by atoms with Crippen LogP contribution in [-0.2, 0) is 20.1 Å². The second kappa shape index (κ2) is 24.2. The average molecular weight is 1370 g/mol. The predicted molar refractivity (Wildman–Crippen MR) is 409 cm³/mol. The summed E-state index contributed by atoms with van der Waals surface area (Å²) in [6.07, 6.45) is 0. The molecule has 6 aromatic heterocycles. The first kappa shape index (κ1) is 62.5. The Balaban J connectivity index is 0.000000121. The van der Waals surface area contributed by atoms with Crippen LogP contribution in [0, 0.1) is 0 Å². The van der Waals surface area contributed by atoms with Crippen molar-refractivity contribution in [3.05, 3.63) is 306 Å². The van der Waals surface area contributed by atoms with Crippen LogP contribution in [0.4, 0.5) is 0 Å². The maximum Gasteiger partial charge on any atom is 0.494 e. The minimum Gasteiger partial charge on any atom is -0.457 e. The standard InChI is InChI=1S/C41H29N3O.C31H30BNO3.C16H11BrN2/c1-41(2)32-23-22-28(40-42-33(26-14-6-3-7-15-26)25-34(43-40)27-16-8-4-9-17-27)24-31(32)36-37-38(45-39(36)41)30-20-12-13-21-35(30)44(37)29-18-10-5-11-19-29;1-29(2)23-17-16-19(32-35-30(3,4)31(5,6)36-32)18-22(23)25-26-27(34-28(25)29)21-14-10-11-15-24(21)33(26)20-12-8-7-9-13-20;17-16-18-14(12-7-3-1-4-8-12)11-15(19-16)13-9-5-2-6-10-13/h3-25H,1-2H3;7-18H,1-6H3;1-11H. The fourth-order valence-electron chi connectivity index (χ4n) is 14.8. The maximum absolute atomic E-state index is 6.87. The number of aromatic nitrogens is 6. The minimum atomic E-state index is -0.408. The molecule has 10 aromatic carbocycles. The maximum atomic E-state index is 6.87. The van der Waals surface area contributed by atoms with E-state index < -0.39 is 7.12 Å². The van der Waals surface area contributed by atoms with Gasteiger partial charge in [0.05, 0.1) is 45.0 Å². The molecule has 0 atom stereocenters. The number of nitrogens with zero attached hydrogens (tertiary/aromatic N) is 6. The normalized spacial score (nSPS) is 14.9. The smallest absolute Gasteiger partial charge is 0.457 e. The van der Waals surface area contributed by atoms with Crippen molar-refractivity contribution in [2.24, 2.45) is 0 Å². The number of furan rings is 2. The zero-order valence-corrected chi connectivity index (χ0v) is 58.4. The van der Waals surface area contributed by atoms with E-state index in [0.29, 0.717) is 10.6 Å². The number of benzene rings is 10. The molecule has 1 saturated heterocycles. The second-order valence-electron chi connectivity index (χ2n) is 28.1. The fraction of sp³-hybridized carbons (Fsp3) is 0.136. The van der Waals surface area contributed by atoms with Crippen molar-refractivity contribution in [3.63, 3.8) is 0 Å². The highest BCUT2D eigenvalue weighted by atomic mass is 79.9. The highest BCUT2D eigenvalue weighted by Crippen LogP contribution is 2.57. The van der Waals surface area contributed by atoms with Gasteiger partial charge in [-0.2, -0.15) is 0 Å². The molecule has 7 heterocycles. The van der Waals surface area contributed by atoms with E-state index in [1.807, 2.05) is 103 Å². The summed E-state index contributed by atoms with van der Waals surface area (Å²) in [5, 5.41) is 2.25. The Morgan fingerprint density at radius 3 is 1.11 bits per heavy atom. The lowest BCUT2D eigenvalue weighted by molar-refractivity contribution is 0.00578. The van der Waals surface area contributed by atoms with Crippen LogP contribution in [0.5, 0.6) is 0 Å². The van der Waals surface area contributed by atoms with E-state index in [0.717, 1.165) is 129 Å². The molecule has 0 N–H and O–H groups in total. The first-order chi connectivity index (χ1) is 48.5. The van der Waals surface area contributed by atoms with Gasteiger partial charge in [0.25, 0.3) is 0 Å². The monoisotopic (exact) mass is 1360 g/mol. The first-order valence-electron chi connectivity index (χ1n) is 34.1. The molecular formula is C88H70BBrN6O4. The number of hydrogen-bond donors (Lipinski definition) is 0. The van der Waals surface area contributed by atoms with Crippen LogP contribution in [0.2, 0.25) is 0 Å². The fourth-order valence-corrected chi connectivity index (χ4v) is 15.2. The summed E-state index contributed by atoms with van der Waals surface area (Å²) in [6, 6.07) is 96.4. The Hall–Kier alpha value is -11.0. The zero-order chi connectivity index (χ0) is 68.2. The highest BCUT2D eigenvalue weighted by molar-refractivity contribution is 9.10. The molecule has 0 spiro atoms. The van der Waals surface area contributed by atoms with Crippen LogP contribution in [0.1, 0.15) is 78.0 Å². The summed E-state index contributed by atoms with van der Waals surface area (Å²) in [5.74, 6) is 2.72. The Morgan fingerprint density at radius 2 is 0.700 bits per heavy atom. The third-order valence-corrected chi connectivity index (χ3v) is 20.9. The van der Waals surface area contributed by atoms with Crippen molar-refractivity contribution in [1.82, 2.24) is 29.1 Å². The van der Waals surface area contributed by atoms with Crippen LogP contribution < -0.4 is 5.46 Å². The SMILES string of the molecule is Brc1nc(-c2ccccc2)cc(-c2ccccc2)n1.CC1(C)c2ccc(-c3nc(-c4ccccc4)cc(-c4ccccc4)n3)cc2-c2c1oc1c3ccccc3n(-c3ccccc3)c21.CC1(C)c2ccc(B3OC(C)(C)C(C)(C)O3)cc2-c2c1oc1c3ccccc3n(-c3ccccc3)c21. The molecule has 486 valence electrons. The number of rotatable bonds is 8. The van der Waals surface area contributed by atoms with Gasteiger partial charge in [-0.15, -0.1) is 0 Å². The van der Waals surface area contributed by atoms with Crippen molar-refractivity contribution in [3.8, 4) is 90.0 Å². The van der Waals surface area contributed by atoms with Crippen molar-refractivity contribution < 1.29 is 18.1 Å². The Bertz CT molecular complexity index is 5680. The van der Waals surface area contributed by atoms with Crippen molar-refractivity contribution in [2.75, 3.05) is 0 Å². The zero-order valence-electron chi connectivity index (χ0n) is 56.8. The lowest BCUT2D eigenvalue weighted by Gasteiger charge is -2.32. The molecule has 1 fully saturated rings. The van der Waals surface area contributed by atoms with Gasteiger partial charge in [0.1, 0.15) is 22.6 Å². The second-order valence-corrected chi connectivity index (χ2v) is 28.8. The van der Waals surface area contributed by atoms with Gasteiger partial charge in [0.2, 0.25) is 0 Å². The summed E-state index contributed by atoms with van der Waals surface area (Å²) >= 11 is 3.39. The van der Waals surface area contributed by atoms with Crippen molar-refractivity contribution in [1.29, 1.82) is 0 Å². The van der Waals surface area contributed by atoms with Crippen LogP contribution in [0.15, 0.2) is 293 Å². The van der Waals surface area contributed by atoms with Gasteiger partial charge in [0.15, 0.2) is 21.7 Å². The lowest BCUT2D eigenvalue weighted by Crippen LogP contribution is -2.41. The molecule has 100 heavy (non-hydrogen) atoms. The van der Waals surface area contributed by atoms with Gasteiger partial charge in [-0.3, -0.25) is 0 Å². The molecule has 1 aliphatic heterocycles. The molecule has 2 aliphatic carbocycles. The molecule has 10 nitrogen and oxygen atoms in total. The molecule has 12 heteroatoms. The largest absolute Gasteiger partial charge is 0.494 e. The van der Waals surface area contributed by atoms with E-state index in [1.165, 1.54) is 27.8 Å². The topological polar surface area (TPSA) is 106 Å². The van der Waals surface area contributed by atoms with Gasteiger partial charge < -0.3 is 27.3 Å². The molecule has 16 aromatic rings. The van der Waals surface area contributed by atoms with Crippen LogP contribution in [0.25, 0.3) is 134 Å². The Kier molecular flexibility index (Phi) is 15.1. The Labute approximate surface area is 589 Å². The summed E-state index contributed by atoms with van der Waals surface area (Å²) in [7, 11) is -0.408. The molecule has 0 bridgehead atoms. The van der Waals surface area contributed by atoms with Gasteiger partial charge in [-0.1, -0.05) is 212 Å². The molecule has 0 radical (unpaired) electrons. The quantitative estimate of drug-likeness (QED) is 0.109. The first-order valence-corrected chi connectivity index (χ1v) is 34.8. The van der Waals surface area contributed by atoms with Gasteiger partial charge in [0, 0.05) is 71.9 Å². The molecule has 0 amide bonds. The van der Waals surface area contributed by atoms with E-state index in [1.54, 1.807) is 0 Å². The number of halogens is 1. The number of fused-ring (bicyclic) bond motifs is 14. The average Bonchev–Trinajstić information content (AvgIpc) is 1.53. The van der Waals surface area contributed by atoms with E-state index in [4.69, 9.17) is 28.1 Å². The number of hydrogen-bond acceptors (Lipinski definition) is 8. The predicted octanol–water partition coefficient (Wildman–Crippen LogP) is 22.0. The van der Waals surface area contributed by atoms with Crippen LogP contribution >= 0.6 is 15.9 Å². The van der Waals surface area contributed by atoms with E-state index >= 15 is 0 Å². The van der Waals surface area contributed by atoms with Crippen LogP contribution in [-0.4, -0.2) is 47.4 Å². The number of para-hydroxylation sites is 4. The van der Waals surface area contributed by atoms with E-state index in [-0.39, 0.29) is 22.0 Å². The molecule has 19 rings (SSSR count). The summed E-state index contributed by atoms with van der Waals surface area (Å²) < 4.78 is 31.8. The van der Waals surface area contributed by atoms with Gasteiger partial charge >= 0.3 is 7.12 Å². The lowest BCUT2D eigenvalue weighted by atomic mass is 9.76. The highest BCUT2D eigenvalue weighted by Gasteiger charge is 2.53. The van der Waals surface area contributed by atoms with Crippen LogP contribution in [0.3, 0.4) is 0 Å².